The van der Waals surface area contributed by atoms with Gasteiger partial charge in [-0.15, -0.1) is 0 Å². The second-order valence-electron chi connectivity index (χ2n) is 4.86. The Kier molecular flexibility index (Phi) is 6.19. The predicted octanol–water partition coefficient (Wildman–Crippen LogP) is 2.44. The summed E-state index contributed by atoms with van der Waals surface area (Å²) in [5.74, 6) is 0. The third kappa shape index (κ3) is 6.41. The predicted molar refractivity (Wildman–Crippen MR) is 68.6 cm³/mol. The second-order valence-corrected chi connectivity index (χ2v) is 4.86. The Morgan fingerprint density at radius 3 is 2.47 bits per heavy atom. The maximum atomic E-state index is 8.52. The van der Waals surface area contributed by atoms with Gasteiger partial charge in [0, 0.05) is 5.41 Å². The van der Waals surface area contributed by atoms with Crippen molar-refractivity contribution in [2.75, 3.05) is 19.8 Å². The first kappa shape index (κ1) is 14.2. The first-order valence-electron chi connectivity index (χ1n) is 5.96. The third-order valence-electron chi connectivity index (χ3n) is 2.34. The molecule has 0 aliphatic carbocycles. The van der Waals surface area contributed by atoms with Crippen molar-refractivity contribution in [2.24, 2.45) is 5.41 Å². The minimum absolute atomic E-state index is 0.100. The number of hydrogen-bond donors (Lipinski definition) is 1. The summed E-state index contributed by atoms with van der Waals surface area (Å²) in [5, 5.41) is 8.52. The smallest absolute Gasteiger partial charge is 0.177 e. The van der Waals surface area contributed by atoms with Gasteiger partial charge in [0.15, 0.2) is 6.29 Å². The summed E-state index contributed by atoms with van der Waals surface area (Å²) in [7, 11) is 0. The van der Waals surface area contributed by atoms with Crippen molar-refractivity contribution in [1.82, 2.24) is 0 Å². The molecule has 0 aromatic rings. The molecule has 0 aromatic heterocycles. The van der Waals surface area contributed by atoms with Crippen molar-refractivity contribution in [2.45, 2.75) is 26.6 Å². The maximum Gasteiger partial charge on any atom is 0.177 e. The van der Waals surface area contributed by atoms with Gasteiger partial charge in [0.1, 0.15) is 0 Å². The first-order chi connectivity index (χ1) is 8.14. The number of aliphatic hydroxyl groups is 1. The Morgan fingerprint density at radius 1 is 1.12 bits per heavy atom. The summed E-state index contributed by atoms with van der Waals surface area (Å²) in [6.07, 6.45) is 12.0. The molecule has 0 amide bonds. The standard InChI is InChI=1S/C14H22O3/c1-14(2)11-16-13(17-12-14)9-7-5-3-4-6-8-10-15/h3,5-9,13,15H,4,10-12H2,1-2H3/b5-3+,8-6+,9-7+. The summed E-state index contributed by atoms with van der Waals surface area (Å²) in [5.41, 5.74) is 0.120. The van der Waals surface area contributed by atoms with Crippen molar-refractivity contribution in [3.05, 3.63) is 36.5 Å². The van der Waals surface area contributed by atoms with Crippen LogP contribution in [0.5, 0.6) is 0 Å². The molecule has 0 spiro atoms. The molecule has 17 heavy (non-hydrogen) atoms. The summed E-state index contributed by atoms with van der Waals surface area (Å²) < 4.78 is 11.1. The second kappa shape index (κ2) is 7.43. The fourth-order valence-electron chi connectivity index (χ4n) is 1.38. The Labute approximate surface area is 103 Å². The monoisotopic (exact) mass is 238 g/mol. The molecule has 1 aliphatic rings. The molecule has 1 aliphatic heterocycles. The molecule has 96 valence electrons. The molecule has 1 fully saturated rings. The molecule has 3 nitrogen and oxygen atoms in total. The normalized spacial score (nSPS) is 22.1. The van der Waals surface area contributed by atoms with Crippen molar-refractivity contribution in [1.29, 1.82) is 0 Å². The van der Waals surface area contributed by atoms with Gasteiger partial charge in [-0.05, 0) is 12.5 Å². The van der Waals surface area contributed by atoms with E-state index in [-0.39, 0.29) is 18.3 Å². The number of ether oxygens (including phenoxy) is 2. The number of aliphatic hydroxyl groups excluding tert-OH is 1. The van der Waals surface area contributed by atoms with Crippen LogP contribution in [0.25, 0.3) is 0 Å². The van der Waals surface area contributed by atoms with Crippen LogP contribution in [-0.2, 0) is 9.47 Å². The number of hydrogen-bond acceptors (Lipinski definition) is 3. The van der Waals surface area contributed by atoms with Crippen molar-refractivity contribution in [3.8, 4) is 0 Å². The van der Waals surface area contributed by atoms with Crippen LogP contribution >= 0.6 is 0 Å². The van der Waals surface area contributed by atoms with Gasteiger partial charge in [-0.25, -0.2) is 0 Å². The van der Waals surface area contributed by atoms with Gasteiger partial charge in [-0.1, -0.05) is 44.2 Å². The van der Waals surface area contributed by atoms with E-state index >= 15 is 0 Å². The SMILES string of the molecule is CC1(C)COC(/C=C/C=C/C/C=C/CO)OC1. The van der Waals surface area contributed by atoms with E-state index < -0.39 is 0 Å². The highest BCUT2D eigenvalue weighted by Gasteiger charge is 2.26. The average Bonchev–Trinajstić information content (AvgIpc) is 2.30. The topological polar surface area (TPSA) is 38.7 Å². The van der Waals surface area contributed by atoms with Crippen LogP contribution in [-0.4, -0.2) is 31.2 Å². The largest absolute Gasteiger partial charge is 0.392 e. The molecular weight excluding hydrogens is 216 g/mol. The van der Waals surface area contributed by atoms with Crippen LogP contribution in [0.3, 0.4) is 0 Å². The van der Waals surface area contributed by atoms with E-state index in [1.54, 1.807) is 6.08 Å². The molecule has 1 saturated heterocycles. The Hall–Kier alpha value is -0.900. The van der Waals surface area contributed by atoms with Gasteiger partial charge >= 0.3 is 0 Å². The molecule has 0 bridgehead atoms. The van der Waals surface area contributed by atoms with E-state index in [0.29, 0.717) is 0 Å². The summed E-state index contributed by atoms with van der Waals surface area (Å²) >= 11 is 0. The van der Waals surface area contributed by atoms with Crippen LogP contribution in [0.4, 0.5) is 0 Å². The Balaban J connectivity index is 2.19. The molecule has 1 heterocycles. The fraction of sp³-hybridized carbons (Fsp3) is 0.571. The molecule has 0 unspecified atom stereocenters. The van der Waals surface area contributed by atoms with E-state index in [1.807, 2.05) is 30.4 Å². The average molecular weight is 238 g/mol. The molecule has 0 aromatic carbocycles. The summed E-state index contributed by atoms with van der Waals surface area (Å²) in [4.78, 5) is 0. The van der Waals surface area contributed by atoms with Crippen LogP contribution in [0.1, 0.15) is 20.3 Å². The highest BCUT2D eigenvalue weighted by atomic mass is 16.7. The fourth-order valence-corrected chi connectivity index (χ4v) is 1.38. The molecule has 0 atom stereocenters. The lowest BCUT2D eigenvalue weighted by Gasteiger charge is -2.33. The van der Waals surface area contributed by atoms with Gasteiger partial charge in [0.25, 0.3) is 0 Å². The van der Waals surface area contributed by atoms with E-state index in [9.17, 15) is 0 Å². The van der Waals surface area contributed by atoms with Gasteiger partial charge in [-0.3, -0.25) is 0 Å². The summed E-state index contributed by atoms with van der Waals surface area (Å²) in [6.45, 7) is 5.81. The van der Waals surface area contributed by atoms with Crippen LogP contribution < -0.4 is 0 Å². The zero-order valence-corrected chi connectivity index (χ0v) is 10.6. The van der Waals surface area contributed by atoms with Gasteiger partial charge in [0.05, 0.1) is 19.8 Å². The van der Waals surface area contributed by atoms with Crippen LogP contribution in [0.2, 0.25) is 0 Å². The molecule has 0 saturated carbocycles. The summed E-state index contributed by atoms with van der Waals surface area (Å²) in [6, 6.07) is 0. The van der Waals surface area contributed by atoms with E-state index in [4.69, 9.17) is 14.6 Å². The van der Waals surface area contributed by atoms with Gasteiger partial charge in [-0.2, -0.15) is 0 Å². The molecule has 3 heteroatoms. The van der Waals surface area contributed by atoms with E-state index in [1.165, 1.54) is 0 Å². The van der Waals surface area contributed by atoms with Crippen molar-refractivity contribution < 1.29 is 14.6 Å². The third-order valence-corrected chi connectivity index (χ3v) is 2.34. The lowest BCUT2D eigenvalue weighted by Crippen LogP contribution is -2.36. The number of rotatable bonds is 5. The zero-order chi connectivity index (χ0) is 12.6. The molecule has 0 radical (unpaired) electrons. The lowest BCUT2D eigenvalue weighted by molar-refractivity contribution is -0.197. The number of allylic oxidation sites excluding steroid dienone is 4. The lowest BCUT2D eigenvalue weighted by atomic mass is 9.96. The minimum atomic E-state index is -0.222. The van der Waals surface area contributed by atoms with E-state index in [2.05, 4.69) is 13.8 Å². The van der Waals surface area contributed by atoms with Crippen LogP contribution in [0.15, 0.2) is 36.5 Å². The van der Waals surface area contributed by atoms with Gasteiger partial charge in [0.2, 0.25) is 0 Å². The van der Waals surface area contributed by atoms with Crippen molar-refractivity contribution >= 4 is 0 Å². The van der Waals surface area contributed by atoms with E-state index in [0.717, 1.165) is 19.6 Å². The Morgan fingerprint density at radius 2 is 1.82 bits per heavy atom. The van der Waals surface area contributed by atoms with Gasteiger partial charge < -0.3 is 14.6 Å². The quantitative estimate of drug-likeness (QED) is 0.590. The molecular formula is C14H22O3. The zero-order valence-electron chi connectivity index (χ0n) is 10.6. The Bertz CT molecular complexity index is 280. The maximum absolute atomic E-state index is 8.52. The molecule has 1 rings (SSSR count). The minimum Gasteiger partial charge on any atom is -0.392 e. The van der Waals surface area contributed by atoms with Crippen molar-refractivity contribution in [3.63, 3.8) is 0 Å². The first-order valence-corrected chi connectivity index (χ1v) is 5.96. The van der Waals surface area contributed by atoms with Crippen LogP contribution in [0, 0.1) is 5.41 Å². The highest BCUT2D eigenvalue weighted by molar-refractivity contribution is 5.06. The molecule has 1 N–H and O–H groups in total. The highest BCUT2D eigenvalue weighted by Crippen LogP contribution is 2.23.